The Hall–Kier alpha value is -3.18. The van der Waals surface area contributed by atoms with Gasteiger partial charge in [-0.3, -0.25) is 14.5 Å². The highest BCUT2D eigenvalue weighted by Gasteiger charge is 2.43. The van der Waals surface area contributed by atoms with Gasteiger partial charge in [0.05, 0.1) is 17.0 Å². The average molecular weight is 460 g/mol. The van der Waals surface area contributed by atoms with E-state index in [1.165, 1.54) is 0 Å². The summed E-state index contributed by atoms with van der Waals surface area (Å²) in [5.41, 5.74) is 4.25. The molecule has 0 saturated heterocycles. The SMILES string of the molecule is Cc1cc2oc3c(c(=O)c2cc1C)C(c1cccc(Br)c1)N(c1ccccc1)C3=O. The van der Waals surface area contributed by atoms with Crippen LogP contribution in [0.15, 0.2) is 80.4 Å². The van der Waals surface area contributed by atoms with Crippen molar-refractivity contribution in [3.63, 3.8) is 0 Å². The Morgan fingerprint density at radius 2 is 1.63 bits per heavy atom. The number of amides is 1. The standard InChI is InChI=1S/C25H18BrNO3/c1-14-11-19-20(12-15(14)2)30-24-21(23(19)28)22(16-7-6-8-17(26)13-16)27(25(24)29)18-9-4-3-5-10-18/h3-13,22H,1-2H3. The van der Waals surface area contributed by atoms with Crippen molar-refractivity contribution >= 4 is 38.5 Å². The van der Waals surface area contributed by atoms with Gasteiger partial charge in [0.25, 0.3) is 5.91 Å². The molecule has 1 aliphatic heterocycles. The smallest absolute Gasteiger partial charge is 0.295 e. The van der Waals surface area contributed by atoms with E-state index in [4.69, 9.17) is 4.42 Å². The van der Waals surface area contributed by atoms with Gasteiger partial charge in [-0.05, 0) is 66.9 Å². The van der Waals surface area contributed by atoms with Crippen molar-refractivity contribution in [2.24, 2.45) is 0 Å². The molecule has 0 spiro atoms. The first-order valence-electron chi connectivity index (χ1n) is 9.67. The Morgan fingerprint density at radius 1 is 0.900 bits per heavy atom. The molecule has 0 bridgehead atoms. The van der Waals surface area contributed by atoms with Gasteiger partial charge >= 0.3 is 0 Å². The van der Waals surface area contributed by atoms with Gasteiger partial charge in [0.15, 0.2) is 5.43 Å². The number of aryl methyl sites for hydroxylation is 2. The van der Waals surface area contributed by atoms with Gasteiger partial charge in [-0.15, -0.1) is 0 Å². The molecule has 3 aromatic carbocycles. The first kappa shape index (κ1) is 18.8. The van der Waals surface area contributed by atoms with Gasteiger partial charge in [0.2, 0.25) is 5.76 Å². The molecule has 2 heterocycles. The number of rotatable bonds is 2. The largest absolute Gasteiger partial charge is 0.450 e. The summed E-state index contributed by atoms with van der Waals surface area (Å²) >= 11 is 3.51. The molecule has 4 nitrogen and oxygen atoms in total. The number of para-hydroxylation sites is 1. The molecule has 0 radical (unpaired) electrons. The highest BCUT2D eigenvalue weighted by molar-refractivity contribution is 9.10. The number of benzene rings is 3. The molecule has 1 aromatic heterocycles. The predicted octanol–water partition coefficient (Wildman–Crippen LogP) is 5.92. The van der Waals surface area contributed by atoms with Crippen LogP contribution in [0.4, 0.5) is 5.69 Å². The topological polar surface area (TPSA) is 50.5 Å². The van der Waals surface area contributed by atoms with E-state index in [0.717, 1.165) is 26.9 Å². The van der Waals surface area contributed by atoms with E-state index in [9.17, 15) is 9.59 Å². The summed E-state index contributed by atoms with van der Waals surface area (Å²) < 4.78 is 6.94. The summed E-state index contributed by atoms with van der Waals surface area (Å²) in [5, 5.41) is 0.500. The Bertz CT molecular complexity index is 1370. The first-order chi connectivity index (χ1) is 14.5. The minimum absolute atomic E-state index is 0.115. The van der Waals surface area contributed by atoms with Crippen LogP contribution in [0, 0.1) is 13.8 Å². The number of anilines is 1. The lowest BCUT2D eigenvalue weighted by Gasteiger charge is -2.25. The number of hydrogen-bond acceptors (Lipinski definition) is 3. The van der Waals surface area contributed by atoms with Gasteiger partial charge in [0, 0.05) is 10.2 Å². The second-order valence-corrected chi connectivity index (χ2v) is 8.49. The van der Waals surface area contributed by atoms with Crippen molar-refractivity contribution in [3.05, 3.63) is 109 Å². The highest BCUT2D eigenvalue weighted by Crippen LogP contribution is 2.41. The lowest BCUT2D eigenvalue weighted by atomic mass is 9.97. The summed E-state index contributed by atoms with van der Waals surface area (Å²) in [5.74, 6) is -0.192. The second kappa shape index (κ2) is 6.96. The van der Waals surface area contributed by atoms with Crippen molar-refractivity contribution in [1.29, 1.82) is 0 Å². The maximum Gasteiger partial charge on any atom is 0.295 e. The fraction of sp³-hybridized carbons (Fsp3) is 0.120. The molecular weight excluding hydrogens is 442 g/mol. The van der Waals surface area contributed by atoms with Crippen LogP contribution in [0.25, 0.3) is 11.0 Å². The van der Waals surface area contributed by atoms with Crippen LogP contribution in [0.2, 0.25) is 0 Å². The predicted molar refractivity (Wildman–Crippen MR) is 121 cm³/mol. The van der Waals surface area contributed by atoms with E-state index < -0.39 is 6.04 Å². The maximum atomic E-state index is 13.6. The molecule has 1 atom stereocenters. The van der Waals surface area contributed by atoms with Crippen LogP contribution in [-0.2, 0) is 0 Å². The van der Waals surface area contributed by atoms with Crippen molar-refractivity contribution in [3.8, 4) is 0 Å². The molecule has 0 N–H and O–H groups in total. The summed E-state index contributed by atoms with van der Waals surface area (Å²) in [6.07, 6.45) is 0. The van der Waals surface area contributed by atoms with E-state index in [1.807, 2.05) is 80.6 Å². The van der Waals surface area contributed by atoms with Gasteiger partial charge in [-0.2, -0.15) is 0 Å². The summed E-state index contributed by atoms with van der Waals surface area (Å²) in [7, 11) is 0. The van der Waals surface area contributed by atoms with E-state index >= 15 is 0 Å². The van der Waals surface area contributed by atoms with Gasteiger partial charge in [-0.1, -0.05) is 46.3 Å². The molecule has 0 fully saturated rings. The molecule has 5 rings (SSSR count). The Balaban J connectivity index is 1.85. The van der Waals surface area contributed by atoms with E-state index in [0.29, 0.717) is 16.5 Å². The van der Waals surface area contributed by atoms with Gasteiger partial charge < -0.3 is 4.42 Å². The van der Waals surface area contributed by atoms with Crippen molar-refractivity contribution < 1.29 is 9.21 Å². The zero-order valence-electron chi connectivity index (χ0n) is 16.5. The molecule has 1 aliphatic rings. The third-order valence-electron chi connectivity index (χ3n) is 5.69. The molecule has 148 valence electrons. The van der Waals surface area contributed by atoms with E-state index in [-0.39, 0.29) is 17.1 Å². The molecule has 1 unspecified atom stereocenters. The average Bonchev–Trinajstić information content (AvgIpc) is 3.03. The highest BCUT2D eigenvalue weighted by atomic mass is 79.9. The third kappa shape index (κ3) is 2.81. The van der Waals surface area contributed by atoms with Crippen LogP contribution in [0.3, 0.4) is 0 Å². The summed E-state index contributed by atoms with van der Waals surface area (Å²) in [6, 6.07) is 20.2. The first-order valence-corrected chi connectivity index (χ1v) is 10.5. The number of carbonyl (C=O) groups excluding carboxylic acids is 1. The molecule has 5 heteroatoms. The van der Waals surface area contributed by atoms with Gasteiger partial charge in [-0.25, -0.2) is 0 Å². The molecule has 0 saturated carbocycles. The van der Waals surface area contributed by atoms with Crippen LogP contribution in [0.1, 0.15) is 38.9 Å². The second-order valence-electron chi connectivity index (χ2n) is 7.57. The lowest BCUT2D eigenvalue weighted by molar-refractivity contribution is 0.0971. The monoisotopic (exact) mass is 459 g/mol. The van der Waals surface area contributed by atoms with Crippen LogP contribution in [-0.4, -0.2) is 5.91 Å². The number of hydrogen-bond donors (Lipinski definition) is 0. The third-order valence-corrected chi connectivity index (χ3v) is 6.18. The van der Waals surface area contributed by atoms with E-state index in [2.05, 4.69) is 15.9 Å². The number of fused-ring (bicyclic) bond motifs is 2. The maximum absolute atomic E-state index is 13.6. The molecule has 30 heavy (non-hydrogen) atoms. The minimum Gasteiger partial charge on any atom is -0.450 e. The van der Waals surface area contributed by atoms with Crippen LogP contribution in [0.5, 0.6) is 0 Å². The van der Waals surface area contributed by atoms with E-state index in [1.54, 1.807) is 4.90 Å². The molecular formula is C25H18BrNO3. The minimum atomic E-state index is -0.561. The van der Waals surface area contributed by atoms with Crippen molar-refractivity contribution in [2.75, 3.05) is 4.90 Å². The zero-order valence-corrected chi connectivity index (χ0v) is 18.1. The normalized spacial score (nSPS) is 15.6. The Labute approximate surface area is 181 Å². The molecule has 4 aromatic rings. The number of nitrogens with zero attached hydrogens (tertiary/aromatic N) is 1. The summed E-state index contributed by atoms with van der Waals surface area (Å²) in [4.78, 5) is 28.8. The quantitative estimate of drug-likeness (QED) is 0.373. The van der Waals surface area contributed by atoms with Crippen LogP contribution < -0.4 is 10.3 Å². The Morgan fingerprint density at radius 3 is 2.37 bits per heavy atom. The van der Waals surface area contributed by atoms with Crippen molar-refractivity contribution in [1.82, 2.24) is 0 Å². The lowest BCUT2D eigenvalue weighted by Crippen LogP contribution is -2.29. The molecule has 1 amide bonds. The Kier molecular flexibility index (Phi) is 4.36. The molecule has 0 aliphatic carbocycles. The fourth-order valence-corrected chi connectivity index (χ4v) is 4.49. The number of carbonyl (C=O) groups is 1. The summed E-state index contributed by atoms with van der Waals surface area (Å²) in [6.45, 7) is 3.93. The van der Waals surface area contributed by atoms with Gasteiger partial charge in [0.1, 0.15) is 5.58 Å². The number of halogens is 1. The fourth-order valence-electron chi connectivity index (χ4n) is 4.08. The van der Waals surface area contributed by atoms with Crippen molar-refractivity contribution in [2.45, 2.75) is 19.9 Å². The van der Waals surface area contributed by atoms with Crippen LogP contribution >= 0.6 is 15.9 Å². The zero-order chi connectivity index (χ0) is 21.0.